The summed E-state index contributed by atoms with van der Waals surface area (Å²) in [7, 11) is 1.32. The molecule has 0 aliphatic heterocycles. The molecule has 0 saturated carbocycles. The third kappa shape index (κ3) is 6.15. The first-order chi connectivity index (χ1) is 15.5. The number of rotatable bonds is 9. The first-order valence-electron chi connectivity index (χ1n) is 10.2. The lowest BCUT2D eigenvalue weighted by molar-refractivity contribution is -0.119. The van der Waals surface area contributed by atoms with Crippen LogP contribution in [0.4, 0.5) is 4.39 Å². The Morgan fingerprint density at radius 2 is 1.82 bits per heavy atom. The van der Waals surface area contributed by atoms with Crippen LogP contribution in [0.15, 0.2) is 39.1 Å². The van der Waals surface area contributed by atoms with E-state index in [0.29, 0.717) is 4.68 Å². The highest BCUT2D eigenvalue weighted by molar-refractivity contribution is 5.99. The van der Waals surface area contributed by atoms with Crippen LogP contribution >= 0.6 is 0 Å². The lowest BCUT2D eigenvalue weighted by Gasteiger charge is -2.15. The SMILES string of the molecule is COc1ccc(F)cc1C(=O)Cn1cc(/C(C)=N/OC(C)C)c(=O)n(NC(=O)C(C)C)c1=O. The third-order valence-electron chi connectivity index (χ3n) is 4.47. The number of carbonyl (C=O) groups is 2. The van der Waals surface area contributed by atoms with Gasteiger partial charge in [0.05, 0.1) is 30.5 Å². The first-order valence-corrected chi connectivity index (χ1v) is 10.2. The molecule has 0 radical (unpaired) electrons. The van der Waals surface area contributed by atoms with Crippen molar-refractivity contribution in [2.45, 2.75) is 47.3 Å². The fourth-order valence-corrected chi connectivity index (χ4v) is 2.67. The van der Waals surface area contributed by atoms with E-state index >= 15 is 0 Å². The van der Waals surface area contributed by atoms with Crippen molar-refractivity contribution >= 4 is 17.4 Å². The number of ether oxygens (including phenoxy) is 1. The van der Waals surface area contributed by atoms with Gasteiger partial charge in [0.2, 0.25) is 5.91 Å². The number of oxime groups is 1. The number of aromatic nitrogens is 2. The number of methoxy groups -OCH3 is 1. The zero-order valence-corrected chi connectivity index (χ0v) is 19.3. The first kappa shape index (κ1) is 25.5. The van der Waals surface area contributed by atoms with Gasteiger partial charge in [-0.25, -0.2) is 9.18 Å². The van der Waals surface area contributed by atoms with Gasteiger partial charge in [0.15, 0.2) is 5.78 Å². The van der Waals surface area contributed by atoms with Crippen molar-refractivity contribution in [1.82, 2.24) is 9.24 Å². The largest absolute Gasteiger partial charge is 0.496 e. The predicted octanol–water partition coefficient (Wildman–Crippen LogP) is 1.92. The third-order valence-corrected chi connectivity index (χ3v) is 4.47. The number of ketones is 1. The second-order valence-corrected chi connectivity index (χ2v) is 7.82. The minimum absolute atomic E-state index is 0.0710. The number of amides is 1. The second kappa shape index (κ2) is 10.7. The van der Waals surface area contributed by atoms with E-state index in [4.69, 9.17) is 9.57 Å². The molecule has 10 nitrogen and oxygen atoms in total. The van der Waals surface area contributed by atoms with Gasteiger partial charge < -0.3 is 9.57 Å². The van der Waals surface area contributed by atoms with Crippen LogP contribution in [0.2, 0.25) is 0 Å². The average Bonchev–Trinajstić information content (AvgIpc) is 2.76. The minimum Gasteiger partial charge on any atom is -0.496 e. The molecule has 178 valence electrons. The van der Waals surface area contributed by atoms with Crippen LogP contribution in [-0.4, -0.2) is 39.9 Å². The van der Waals surface area contributed by atoms with E-state index in [9.17, 15) is 23.6 Å². The Bertz CT molecular complexity index is 1200. The number of hydrogen-bond donors (Lipinski definition) is 1. The molecule has 33 heavy (non-hydrogen) atoms. The molecule has 1 aromatic heterocycles. The van der Waals surface area contributed by atoms with Crippen molar-refractivity contribution in [2.75, 3.05) is 12.5 Å². The Hall–Kier alpha value is -3.76. The predicted molar refractivity (Wildman–Crippen MR) is 120 cm³/mol. The van der Waals surface area contributed by atoms with Gasteiger partial charge in [0.25, 0.3) is 5.56 Å². The molecule has 11 heteroatoms. The topological polar surface area (TPSA) is 121 Å². The number of nitrogens with zero attached hydrogens (tertiary/aromatic N) is 3. The molecular weight excluding hydrogens is 435 g/mol. The van der Waals surface area contributed by atoms with Crippen LogP contribution in [0.1, 0.15) is 50.5 Å². The summed E-state index contributed by atoms with van der Waals surface area (Å²) in [6.45, 7) is 7.59. The average molecular weight is 462 g/mol. The lowest BCUT2D eigenvalue weighted by atomic mass is 10.1. The lowest BCUT2D eigenvalue weighted by Crippen LogP contribution is -2.49. The summed E-state index contributed by atoms with van der Waals surface area (Å²) in [5, 5.41) is 3.88. The van der Waals surface area contributed by atoms with Gasteiger partial charge in [-0.3, -0.25) is 24.4 Å². The zero-order chi connectivity index (χ0) is 24.9. The van der Waals surface area contributed by atoms with Gasteiger partial charge in [-0.2, -0.15) is 4.68 Å². The van der Waals surface area contributed by atoms with Crippen LogP contribution in [0.25, 0.3) is 0 Å². The van der Waals surface area contributed by atoms with E-state index in [1.807, 2.05) is 0 Å². The van der Waals surface area contributed by atoms with Crippen molar-refractivity contribution in [3.8, 4) is 5.75 Å². The van der Waals surface area contributed by atoms with E-state index < -0.39 is 41.2 Å². The van der Waals surface area contributed by atoms with Crippen LogP contribution in [0.5, 0.6) is 5.75 Å². The minimum atomic E-state index is -0.959. The summed E-state index contributed by atoms with van der Waals surface area (Å²) in [4.78, 5) is 56.1. The standard InChI is InChI=1S/C22H27FN4O6/c1-12(2)20(29)24-27-21(30)17(14(5)25-33-13(3)4)10-26(22(27)31)11-18(28)16-9-15(23)7-8-19(16)32-6/h7-10,12-13H,11H2,1-6H3,(H,24,29)/b25-14+. The maximum atomic E-state index is 13.7. The van der Waals surface area contributed by atoms with Crippen molar-refractivity contribution in [1.29, 1.82) is 0 Å². The molecule has 0 aliphatic rings. The Balaban J connectivity index is 2.63. The molecule has 1 heterocycles. The highest BCUT2D eigenvalue weighted by atomic mass is 19.1. The molecule has 1 amide bonds. The van der Waals surface area contributed by atoms with Gasteiger partial charge >= 0.3 is 5.69 Å². The fraction of sp³-hybridized carbons (Fsp3) is 0.409. The monoisotopic (exact) mass is 462 g/mol. The molecule has 2 rings (SSSR count). The van der Waals surface area contributed by atoms with E-state index in [1.54, 1.807) is 27.7 Å². The highest BCUT2D eigenvalue weighted by Gasteiger charge is 2.20. The number of halogens is 1. The quantitative estimate of drug-likeness (QED) is 0.345. The highest BCUT2D eigenvalue weighted by Crippen LogP contribution is 2.20. The summed E-state index contributed by atoms with van der Waals surface area (Å²) in [5.41, 5.74) is 0.445. The van der Waals surface area contributed by atoms with E-state index in [1.165, 1.54) is 20.1 Å². The van der Waals surface area contributed by atoms with Crippen molar-refractivity contribution in [3.63, 3.8) is 0 Å². The van der Waals surface area contributed by atoms with Crippen LogP contribution < -0.4 is 21.4 Å². The van der Waals surface area contributed by atoms with Gasteiger partial charge in [-0.1, -0.05) is 19.0 Å². The molecule has 0 atom stereocenters. The molecular formula is C22H27FN4O6. The van der Waals surface area contributed by atoms with E-state index in [-0.39, 0.29) is 28.7 Å². The Labute approximate surface area is 189 Å². The van der Waals surface area contributed by atoms with Gasteiger partial charge in [0, 0.05) is 12.1 Å². The number of hydrogen-bond acceptors (Lipinski definition) is 7. The van der Waals surface area contributed by atoms with Crippen molar-refractivity contribution < 1.29 is 23.6 Å². The summed E-state index contributed by atoms with van der Waals surface area (Å²) >= 11 is 0. The van der Waals surface area contributed by atoms with Gasteiger partial charge in [-0.05, 0) is 39.0 Å². The van der Waals surface area contributed by atoms with Gasteiger partial charge in [-0.15, -0.1) is 0 Å². The van der Waals surface area contributed by atoms with Crippen LogP contribution in [-0.2, 0) is 16.2 Å². The second-order valence-electron chi connectivity index (χ2n) is 7.82. The normalized spacial score (nSPS) is 11.6. The number of benzene rings is 1. The van der Waals surface area contributed by atoms with Gasteiger partial charge in [0.1, 0.15) is 17.7 Å². The maximum absolute atomic E-state index is 13.7. The summed E-state index contributed by atoms with van der Waals surface area (Å²) in [6, 6.07) is 3.42. The molecule has 0 unspecified atom stereocenters. The Morgan fingerprint density at radius 1 is 1.15 bits per heavy atom. The molecule has 0 saturated heterocycles. The molecule has 0 bridgehead atoms. The molecule has 1 N–H and O–H groups in total. The smallest absolute Gasteiger partial charge is 0.350 e. The zero-order valence-electron chi connectivity index (χ0n) is 19.3. The van der Waals surface area contributed by atoms with E-state index in [0.717, 1.165) is 22.9 Å². The van der Waals surface area contributed by atoms with Crippen molar-refractivity contribution in [3.05, 3.63) is 62.2 Å². The summed E-state index contributed by atoms with van der Waals surface area (Å²) in [5.74, 6) is -2.28. The fourth-order valence-electron chi connectivity index (χ4n) is 2.67. The molecule has 0 spiro atoms. The van der Waals surface area contributed by atoms with Crippen LogP contribution in [0, 0.1) is 11.7 Å². The summed E-state index contributed by atoms with van der Waals surface area (Å²) in [6.07, 6.45) is 0.880. The molecule has 2 aromatic rings. The molecule has 0 fully saturated rings. The van der Waals surface area contributed by atoms with E-state index in [2.05, 4.69) is 10.6 Å². The Morgan fingerprint density at radius 3 is 2.39 bits per heavy atom. The number of nitrogens with one attached hydrogen (secondary N) is 1. The molecule has 1 aromatic carbocycles. The molecule has 0 aliphatic carbocycles. The Kier molecular flexibility index (Phi) is 8.27. The number of carbonyl (C=O) groups excluding carboxylic acids is 2. The summed E-state index contributed by atoms with van der Waals surface area (Å²) < 4.78 is 20.3. The maximum Gasteiger partial charge on any atom is 0.350 e. The van der Waals surface area contributed by atoms with Crippen molar-refractivity contribution in [2.24, 2.45) is 11.1 Å². The number of Topliss-reactive ketones (excluding diaryl/α,β-unsaturated/α-hetero) is 1. The van der Waals surface area contributed by atoms with Crippen LogP contribution in [0.3, 0.4) is 0 Å².